The fraction of sp³-hybridized carbons (Fsp3) is 0.182. The molecule has 1 aromatic heterocycles. The van der Waals surface area contributed by atoms with Gasteiger partial charge in [0.1, 0.15) is 11.6 Å². The number of anilines is 1. The van der Waals surface area contributed by atoms with Gasteiger partial charge in [0.05, 0.1) is 4.47 Å². The molecule has 2 aromatic rings. The number of rotatable bonds is 3. The molecule has 0 fully saturated rings. The van der Waals surface area contributed by atoms with Crippen molar-refractivity contribution in [3.05, 3.63) is 33.8 Å². The Labute approximate surface area is 122 Å². The van der Waals surface area contributed by atoms with Crippen LogP contribution >= 0.6 is 27.5 Å². The maximum Gasteiger partial charge on any atom is 0.328 e. The van der Waals surface area contributed by atoms with Crippen molar-refractivity contribution in [2.75, 3.05) is 19.0 Å². The summed E-state index contributed by atoms with van der Waals surface area (Å²) in [6.45, 7) is 0. The number of aromatic nitrogens is 3. The summed E-state index contributed by atoms with van der Waals surface area (Å²) in [7, 11) is 3.53. The zero-order valence-electron chi connectivity index (χ0n) is 10.1. The fourth-order valence-corrected chi connectivity index (χ4v) is 1.80. The Hall–Kier alpha value is -1.47. The first-order valence-electron chi connectivity index (χ1n) is 5.17. The molecule has 0 aliphatic heterocycles. The van der Waals surface area contributed by atoms with Crippen LogP contribution in [0.5, 0.6) is 11.8 Å². The van der Waals surface area contributed by atoms with Crippen molar-refractivity contribution < 1.29 is 9.13 Å². The summed E-state index contributed by atoms with van der Waals surface area (Å²) in [6.07, 6.45) is 0. The Morgan fingerprint density at radius 1 is 1.26 bits per heavy atom. The van der Waals surface area contributed by atoms with Gasteiger partial charge in [-0.15, -0.1) is 0 Å². The van der Waals surface area contributed by atoms with E-state index in [-0.39, 0.29) is 17.1 Å². The van der Waals surface area contributed by atoms with Crippen molar-refractivity contribution in [3.8, 4) is 11.8 Å². The van der Waals surface area contributed by atoms with E-state index < -0.39 is 0 Å². The molecule has 0 saturated carbocycles. The summed E-state index contributed by atoms with van der Waals surface area (Å²) in [6, 6.07) is 4.06. The van der Waals surface area contributed by atoms with Gasteiger partial charge in [0.25, 0.3) is 0 Å². The molecule has 0 atom stereocenters. The molecule has 0 saturated heterocycles. The number of nitrogens with zero attached hydrogens (tertiary/aromatic N) is 4. The van der Waals surface area contributed by atoms with Crippen molar-refractivity contribution in [2.24, 2.45) is 0 Å². The summed E-state index contributed by atoms with van der Waals surface area (Å²) in [5.41, 5.74) is 0. The van der Waals surface area contributed by atoms with Gasteiger partial charge >= 0.3 is 6.01 Å². The highest BCUT2D eigenvalue weighted by Gasteiger charge is 2.10. The second kappa shape index (κ2) is 5.66. The normalized spacial score (nSPS) is 10.4. The number of halogens is 3. The van der Waals surface area contributed by atoms with Crippen molar-refractivity contribution >= 4 is 33.5 Å². The van der Waals surface area contributed by atoms with Gasteiger partial charge in [0, 0.05) is 14.1 Å². The van der Waals surface area contributed by atoms with E-state index >= 15 is 0 Å². The summed E-state index contributed by atoms with van der Waals surface area (Å²) in [5, 5.41) is 0.0203. The second-order valence-electron chi connectivity index (χ2n) is 3.76. The lowest BCUT2D eigenvalue weighted by molar-refractivity contribution is 0.435. The van der Waals surface area contributed by atoms with Gasteiger partial charge in [-0.3, -0.25) is 0 Å². The van der Waals surface area contributed by atoms with Crippen LogP contribution in [0.4, 0.5) is 10.3 Å². The van der Waals surface area contributed by atoms with Crippen LogP contribution in [0, 0.1) is 5.82 Å². The molecular formula is C11H9BrClFN4O. The predicted molar refractivity (Wildman–Crippen MR) is 73.3 cm³/mol. The van der Waals surface area contributed by atoms with Crippen LogP contribution in [0.2, 0.25) is 5.28 Å². The van der Waals surface area contributed by atoms with Crippen LogP contribution in [0.25, 0.3) is 0 Å². The van der Waals surface area contributed by atoms with E-state index in [4.69, 9.17) is 16.3 Å². The lowest BCUT2D eigenvalue weighted by Crippen LogP contribution is -2.13. The van der Waals surface area contributed by atoms with Crippen molar-refractivity contribution in [3.63, 3.8) is 0 Å². The molecule has 0 aliphatic carbocycles. The average molecular weight is 348 g/mol. The van der Waals surface area contributed by atoms with Gasteiger partial charge in [0.15, 0.2) is 0 Å². The molecule has 0 aliphatic rings. The smallest absolute Gasteiger partial charge is 0.328 e. The van der Waals surface area contributed by atoms with Gasteiger partial charge in [-0.2, -0.15) is 15.0 Å². The molecule has 1 heterocycles. The third kappa shape index (κ3) is 3.51. The van der Waals surface area contributed by atoms with Crippen LogP contribution in [0.1, 0.15) is 0 Å². The fourth-order valence-electron chi connectivity index (χ4n) is 1.22. The molecule has 0 N–H and O–H groups in total. The predicted octanol–water partition coefficient (Wildman–Crippen LogP) is 3.28. The van der Waals surface area contributed by atoms with Gasteiger partial charge in [-0.05, 0) is 45.7 Å². The van der Waals surface area contributed by atoms with Crippen molar-refractivity contribution in [2.45, 2.75) is 0 Å². The summed E-state index contributed by atoms with van der Waals surface area (Å²) >= 11 is 8.98. The molecule has 2 rings (SSSR count). The molecule has 0 unspecified atom stereocenters. The molecule has 1 aromatic carbocycles. The highest BCUT2D eigenvalue weighted by molar-refractivity contribution is 9.10. The Morgan fingerprint density at radius 2 is 2.00 bits per heavy atom. The maximum absolute atomic E-state index is 13.0. The van der Waals surface area contributed by atoms with E-state index in [1.54, 1.807) is 19.0 Å². The Morgan fingerprint density at radius 3 is 2.63 bits per heavy atom. The molecule has 0 bridgehead atoms. The molecule has 100 valence electrons. The molecule has 5 nitrogen and oxygen atoms in total. The highest BCUT2D eigenvalue weighted by atomic mass is 79.9. The van der Waals surface area contributed by atoms with E-state index in [0.29, 0.717) is 16.2 Å². The number of hydrogen-bond acceptors (Lipinski definition) is 5. The SMILES string of the molecule is CN(C)c1nc(Cl)nc(Oc2ccc(F)cc2Br)n1. The molecule has 0 spiro atoms. The number of benzene rings is 1. The minimum Gasteiger partial charge on any atom is -0.423 e. The van der Waals surface area contributed by atoms with Gasteiger partial charge in [0.2, 0.25) is 11.2 Å². The maximum atomic E-state index is 13.0. The lowest BCUT2D eigenvalue weighted by atomic mass is 10.3. The highest BCUT2D eigenvalue weighted by Crippen LogP contribution is 2.29. The summed E-state index contributed by atoms with van der Waals surface area (Å²) in [5.74, 6) is 0.378. The lowest BCUT2D eigenvalue weighted by Gasteiger charge is -2.11. The zero-order valence-corrected chi connectivity index (χ0v) is 12.4. The third-order valence-corrected chi connectivity index (χ3v) is 2.86. The van der Waals surface area contributed by atoms with Crippen LogP contribution in [0.3, 0.4) is 0 Å². The quantitative estimate of drug-likeness (QED) is 0.853. The minimum absolute atomic E-state index is 0.0203. The van der Waals surface area contributed by atoms with Crippen molar-refractivity contribution in [1.82, 2.24) is 15.0 Å². The Kier molecular flexibility index (Phi) is 4.16. The van der Waals surface area contributed by atoms with E-state index in [0.717, 1.165) is 0 Å². The second-order valence-corrected chi connectivity index (χ2v) is 4.95. The zero-order chi connectivity index (χ0) is 14.0. The number of ether oxygens (including phenoxy) is 1. The average Bonchev–Trinajstić information content (AvgIpc) is 2.32. The molecule has 8 heteroatoms. The standard InChI is InChI=1S/C11H9BrClFN4O/c1-18(2)10-15-9(13)16-11(17-10)19-8-4-3-6(14)5-7(8)12/h3-5H,1-2H3. The Bertz CT molecular complexity index is 611. The largest absolute Gasteiger partial charge is 0.423 e. The first kappa shape index (κ1) is 14.0. The molecule has 0 amide bonds. The van der Waals surface area contributed by atoms with E-state index in [9.17, 15) is 4.39 Å². The first-order valence-corrected chi connectivity index (χ1v) is 6.34. The Balaban J connectivity index is 2.32. The molecule has 0 radical (unpaired) electrons. The monoisotopic (exact) mass is 346 g/mol. The third-order valence-electron chi connectivity index (χ3n) is 2.07. The van der Waals surface area contributed by atoms with Crippen LogP contribution in [-0.4, -0.2) is 29.0 Å². The van der Waals surface area contributed by atoms with Crippen LogP contribution in [0.15, 0.2) is 22.7 Å². The van der Waals surface area contributed by atoms with E-state index in [1.807, 2.05) is 0 Å². The molecular weight excluding hydrogens is 339 g/mol. The van der Waals surface area contributed by atoms with E-state index in [1.165, 1.54) is 18.2 Å². The van der Waals surface area contributed by atoms with E-state index in [2.05, 4.69) is 30.9 Å². The van der Waals surface area contributed by atoms with Gasteiger partial charge < -0.3 is 9.64 Å². The van der Waals surface area contributed by atoms with Crippen molar-refractivity contribution in [1.29, 1.82) is 0 Å². The van der Waals surface area contributed by atoms with Crippen LogP contribution in [-0.2, 0) is 0 Å². The summed E-state index contributed by atoms with van der Waals surface area (Å²) < 4.78 is 18.9. The first-order chi connectivity index (χ1) is 8.95. The molecule has 19 heavy (non-hydrogen) atoms. The van der Waals surface area contributed by atoms with Crippen LogP contribution < -0.4 is 9.64 Å². The number of hydrogen-bond donors (Lipinski definition) is 0. The van der Waals surface area contributed by atoms with Gasteiger partial charge in [-0.1, -0.05) is 0 Å². The minimum atomic E-state index is -0.373. The topological polar surface area (TPSA) is 51.1 Å². The van der Waals surface area contributed by atoms with Gasteiger partial charge in [-0.25, -0.2) is 4.39 Å². The summed E-state index contributed by atoms with van der Waals surface area (Å²) in [4.78, 5) is 13.5.